The highest BCUT2D eigenvalue weighted by molar-refractivity contribution is 7.80. The molecule has 2 N–H and O–H groups in total. The molecule has 0 bridgehead atoms. The maximum atomic E-state index is 12.6. The van der Waals surface area contributed by atoms with Gasteiger partial charge in [0.05, 0.1) is 10.7 Å². The fourth-order valence-electron chi connectivity index (χ4n) is 4.38. The van der Waals surface area contributed by atoms with E-state index in [2.05, 4.69) is 26.5 Å². The standard InChI is InChI=1S/C27H26Cl2N4O3S/c28-21-4-2-1-3-19(21)17-32-9-11-33(12-10-32)23-7-6-20(16-22(23)29)30-27(37)31-26(34)18-5-8-24-25(15-18)36-14-13-35-24/h1-8,15-16H,9-14,17H2,(H2,30,31,34,37). The lowest BCUT2D eigenvalue weighted by Crippen LogP contribution is -2.46. The summed E-state index contributed by atoms with van der Waals surface area (Å²) < 4.78 is 11.0. The van der Waals surface area contributed by atoms with Gasteiger partial charge in [-0.2, -0.15) is 0 Å². The minimum atomic E-state index is -0.341. The van der Waals surface area contributed by atoms with Crippen LogP contribution in [0, 0.1) is 0 Å². The Bertz CT molecular complexity index is 1310. The fraction of sp³-hybridized carbons (Fsp3) is 0.259. The molecule has 192 valence electrons. The molecule has 0 unspecified atom stereocenters. The van der Waals surface area contributed by atoms with Gasteiger partial charge in [0.1, 0.15) is 13.2 Å². The molecule has 2 aliphatic heterocycles. The predicted molar refractivity (Wildman–Crippen MR) is 152 cm³/mol. The average molecular weight is 558 g/mol. The number of amides is 1. The number of carbonyl (C=O) groups is 1. The first kappa shape index (κ1) is 25.6. The van der Waals surface area contributed by atoms with E-state index in [0.29, 0.717) is 41.0 Å². The predicted octanol–water partition coefficient (Wildman–Crippen LogP) is 5.21. The van der Waals surface area contributed by atoms with E-state index in [4.69, 9.17) is 44.9 Å². The average Bonchev–Trinajstić information content (AvgIpc) is 2.90. The van der Waals surface area contributed by atoms with E-state index in [1.54, 1.807) is 18.2 Å². The van der Waals surface area contributed by atoms with Crippen molar-refractivity contribution in [3.8, 4) is 11.5 Å². The van der Waals surface area contributed by atoms with Crippen LogP contribution in [0.5, 0.6) is 11.5 Å². The molecule has 0 spiro atoms. The number of hydrogen-bond donors (Lipinski definition) is 2. The summed E-state index contributed by atoms with van der Waals surface area (Å²) in [5.74, 6) is 0.830. The first-order valence-electron chi connectivity index (χ1n) is 12.0. The van der Waals surface area contributed by atoms with Crippen LogP contribution >= 0.6 is 35.4 Å². The lowest BCUT2D eigenvalue weighted by atomic mass is 10.2. The van der Waals surface area contributed by atoms with E-state index >= 15 is 0 Å². The summed E-state index contributed by atoms with van der Waals surface area (Å²) >= 11 is 18.3. The van der Waals surface area contributed by atoms with Crippen LogP contribution in [0.2, 0.25) is 10.0 Å². The molecule has 2 aliphatic rings. The monoisotopic (exact) mass is 556 g/mol. The molecule has 0 aliphatic carbocycles. The Morgan fingerprint density at radius 3 is 2.41 bits per heavy atom. The van der Waals surface area contributed by atoms with Gasteiger partial charge in [0.15, 0.2) is 16.6 Å². The zero-order chi connectivity index (χ0) is 25.8. The van der Waals surface area contributed by atoms with Crippen molar-refractivity contribution in [2.24, 2.45) is 0 Å². The van der Waals surface area contributed by atoms with Crippen molar-refractivity contribution in [3.63, 3.8) is 0 Å². The summed E-state index contributed by atoms with van der Waals surface area (Å²) in [6, 6.07) is 18.7. The Morgan fingerprint density at radius 2 is 1.65 bits per heavy atom. The number of thiocarbonyl (C=S) groups is 1. The fourth-order valence-corrected chi connectivity index (χ4v) is 5.08. The van der Waals surface area contributed by atoms with Crippen molar-refractivity contribution in [2.75, 3.05) is 49.6 Å². The molecule has 0 saturated carbocycles. The zero-order valence-electron chi connectivity index (χ0n) is 20.0. The number of anilines is 2. The first-order valence-corrected chi connectivity index (χ1v) is 13.1. The number of rotatable bonds is 5. The number of hydrogen-bond acceptors (Lipinski definition) is 6. The lowest BCUT2D eigenvalue weighted by molar-refractivity contribution is 0.0976. The summed E-state index contributed by atoms with van der Waals surface area (Å²) in [4.78, 5) is 17.3. The maximum Gasteiger partial charge on any atom is 0.257 e. The van der Waals surface area contributed by atoms with E-state index in [-0.39, 0.29) is 11.0 Å². The number of benzene rings is 3. The molecular formula is C27H26Cl2N4O3S. The van der Waals surface area contributed by atoms with Crippen LogP contribution in [-0.4, -0.2) is 55.3 Å². The maximum absolute atomic E-state index is 12.6. The Balaban J connectivity index is 1.14. The van der Waals surface area contributed by atoms with E-state index in [0.717, 1.165) is 49.0 Å². The molecule has 1 saturated heterocycles. The molecular weight excluding hydrogens is 531 g/mol. The summed E-state index contributed by atoms with van der Waals surface area (Å²) in [6.45, 7) is 5.33. The van der Waals surface area contributed by atoms with Crippen LogP contribution < -0.4 is 25.0 Å². The SMILES string of the molecule is O=C(NC(=S)Nc1ccc(N2CCN(Cc3ccccc3Cl)CC2)c(Cl)c1)c1ccc2c(c1)OCCO2. The molecule has 2 heterocycles. The van der Waals surface area contributed by atoms with Gasteiger partial charge in [0.25, 0.3) is 5.91 Å². The minimum Gasteiger partial charge on any atom is -0.486 e. The van der Waals surface area contributed by atoms with Crippen LogP contribution in [0.3, 0.4) is 0 Å². The number of nitrogens with zero attached hydrogens (tertiary/aromatic N) is 2. The van der Waals surface area contributed by atoms with Crippen molar-refractivity contribution in [3.05, 3.63) is 81.8 Å². The second kappa shape index (κ2) is 11.6. The number of fused-ring (bicyclic) bond motifs is 1. The van der Waals surface area contributed by atoms with E-state index in [9.17, 15) is 4.79 Å². The molecule has 5 rings (SSSR count). The Kier molecular flexibility index (Phi) is 8.00. The van der Waals surface area contributed by atoms with Gasteiger partial charge >= 0.3 is 0 Å². The largest absolute Gasteiger partial charge is 0.486 e. The summed E-state index contributed by atoms with van der Waals surface area (Å²) in [5.41, 5.74) is 3.23. The van der Waals surface area contributed by atoms with Gasteiger partial charge < -0.3 is 19.7 Å². The van der Waals surface area contributed by atoms with Gasteiger partial charge in [-0.25, -0.2) is 0 Å². The van der Waals surface area contributed by atoms with Crippen molar-refractivity contribution in [1.82, 2.24) is 10.2 Å². The normalized spacial score (nSPS) is 15.2. The van der Waals surface area contributed by atoms with Gasteiger partial charge in [0, 0.05) is 49.0 Å². The highest BCUT2D eigenvalue weighted by atomic mass is 35.5. The molecule has 3 aromatic carbocycles. The third-order valence-corrected chi connectivity index (χ3v) is 7.18. The summed E-state index contributed by atoms with van der Waals surface area (Å²) in [7, 11) is 0. The van der Waals surface area contributed by atoms with Crippen molar-refractivity contribution >= 4 is 57.8 Å². The number of carbonyl (C=O) groups excluding carboxylic acids is 1. The number of halogens is 2. The lowest BCUT2D eigenvalue weighted by Gasteiger charge is -2.36. The second-order valence-corrected chi connectivity index (χ2v) is 10.0. The van der Waals surface area contributed by atoms with E-state index < -0.39 is 0 Å². The summed E-state index contributed by atoms with van der Waals surface area (Å²) in [6.07, 6.45) is 0. The van der Waals surface area contributed by atoms with Gasteiger partial charge in [-0.05, 0) is 60.2 Å². The molecule has 3 aromatic rings. The minimum absolute atomic E-state index is 0.178. The van der Waals surface area contributed by atoms with Crippen LogP contribution in [0.15, 0.2) is 60.7 Å². The van der Waals surface area contributed by atoms with Crippen LogP contribution in [0.25, 0.3) is 0 Å². The Hall–Kier alpha value is -3.04. The van der Waals surface area contributed by atoms with Crippen molar-refractivity contribution < 1.29 is 14.3 Å². The molecule has 0 atom stereocenters. The highest BCUT2D eigenvalue weighted by Crippen LogP contribution is 2.31. The Labute approximate surface area is 231 Å². The molecule has 7 nitrogen and oxygen atoms in total. The van der Waals surface area contributed by atoms with Crippen LogP contribution in [-0.2, 0) is 6.54 Å². The van der Waals surface area contributed by atoms with Crippen LogP contribution in [0.1, 0.15) is 15.9 Å². The van der Waals surface area contributed by atoms with Crippen LogP contribution in [0.4, 0.5) is 11.4 Å². The molecule has 1 amide bonds. The number of ether oxygens (including phenoxy) is 2. The first-order chi connectivity index (χ1) is 18.0. The van der Waals surface area contributed by atoms with Gasteiger partial charge in [-0.1, -0.05) is 41.4 Å². The number of nitrogens with one attached hydrogen (secondary N) is 2. The van der Waals surface area contributed by atoms with E-state index in [1.807, 2.05) is 36.4 Å². The van der Waals surface area contributed by atoms with Gasteiger partial charge in [-0.3, -0.25) is 15.0 Å². The number of piperazine rings is 1. The molecule has 37 heavy (non-hydrogen) atoms. The summed E-state index contributed by atoms with van der Waals surface area (Å²) in [5, 5.41) is 7.33. The smallest absolute Gasteiger partial charge is 0.257 e. The van der Waals surface area contributed by atoms with Crippen molar-refractivity contribution in [2.45, 2.75) is 6.54 Å². The second-order valence-electron chi connectivity index (χ2n) is 8.79. The molecule has 1 fully saturated rings. The van der Waals surface area contributed by atoms with E-state index in [1.165, 1.54) is 0 Å². The highest BCUT2D eigenvalue weighted by Gasteiger charge is 2.20. The van der Waals surface area contributed by atoms with Gasteiger partial charge in [-0.15, -0.1) is 0 Å². The zero-order valence-corrected chi connectivity index (χ0v) is 22.3. The molecule has 10 heteroatoms. The third-order valence-electron chi connectivity index (χ3n) is 6.30. The molecule has 0 aromatic heterocycles. The quantitative estimate of drug-likeness (QED) is 0.418. The third kappa shape index (κ3) is 6.27. The Morgan fingerprint density at radius 1 is 0.892 bits per heavy atom. The van der Waals surface area contributed by atoms with Gasteiger partial charge in [0.2, 0.25) is 0 Å². The van der Waals surface area contributed by atoms with Crippen molar-refractivity contribution in [1.29, 1.82) is 0 Å². The topological polar surface area (TPSA) is 66.1 Å². The molecule has 0 radical (unpaired) electrons.